The summed E-state index contributed by atoms with van der Waals surface area (Å²) < 4.78 is 10.3. The van der Waals surface area contributed by atoms with Crippen LogP contribution in [0.1, 0.15) is 25.6 Å². The Bertz CT molecular complexity index is 424. The van der Waals surface area contributed by atoms with E-state index in [1.807, 2.05) is 6.92 Å². The summed E-state index contributed by atoms with van der Waals surface area (Å²) in [7, 11) is 1.66. The number of nitrogens with zero attached hydrogens (tertiary/aromatic N) is 4. The van der Waals surface area contributed by atoms with Crippen molar-refractivity contribution in [1.29, 1.82) is 0 Å². The molecule has 21 heavy (non-hydrogen) atoms. The van der Waals surface area contributed by atoms with Crippen LogP contribution < -0.4 is 0 Å². The van der Waals surface area contributed by atoms with Crippen molar-refractivity contribution in [1.82, 2.24) is 19.9 Å². The van der Waals surface area contributed by atoms with Crippen molar-refractivity contribution in [3.63, 3.8) is 0 Å². The summed E-state index contributed by atoms with van der Waals surface area (Å²) in [6, 6.07) is 0.421. The molecule has 0 aliphatic carbocycles. The minimum atomic E-state index is -0.279. The van der Waals surface area contributed by atoms with Crippen LogP contribution in [0.3, 0.4) is 0 Å². The molecule has 1 aromatic heterocycles. The number of aliphatic hydroxyl groups is 1. The summed E-state index contributed by atoms with van der Waals surface area (Å²) in [6.45, 7) is 8.90. The fourth-order valence-electron chi connectivity index (χ4n) is 2.67. The number of hydrogen-bond acceptors (Lipinski definition) is 7. The highest BCUT2D eigenvalue weighted by Gasteiger charge is 2.25. The molecule has 0 aromatic carbocycles. The topological polar surface area (TPSA) is 74.9 Å². The molecule has 1 aliphatic rings. The van der Waals surface area contributed by atoms with Gasteiger partial charge in [-0.2, -0.15) is 4.98 Å². The molecule has 2 atom stereocenters. The van der Waals surface area contributed by atoms with Crippen molar-refractivity contribution in [3.8, 4) is 0 Å². The Morgan fingerprint density at radius 2 is 2.29 bits per heavy atom. The maximum atomic E-state index is 9.50. The van der Waals surface area contributed by atoms with Crippen LogP contribution in [0, 0.1) is 0 Å². The zero-order valence-corrected chi connectivity index (χ0v) is 13.2. The predicted molar refractivity (Wildman–Crippen MR) is 77.9 cm³/mol. The van der Waals surface area contributed by atoms with Gasteiger partial charge in [-0.3, -0.25) is 9.80 Å². The summed E-state index contributed by atoms with van der Waals surface area (Å²) in [5.74, 6) is 1.37. The van der Waals surface area contributed by atoms with E-state index in [1.54, 1.807) is 7.11 Å². The van der Waals surface area contributed by atoms with Gasteiger partial charge in [0.2, 0.25) is 5.89 Å². The largest absolute Gasteiger partial charge is 0.392 e. The van der Waals surface area contributed by atoms with E-state index in [0.29, 0.717) is 37.3 Å². The molecule has 0 bridgehead atoms. The van der Waals surface area contributed by atoms with Gasteiger partial charge in [0.05, 0.1) is 19.3 Å². The first-order valence-electron chi connectivity index (χ1n) is 7.53. The third kappa shape index (κ3) is 5.03. The standard InChI is InChI=1S/C14H26N4O3/c1-11-8-17(5-6-18(11)9-12(2)19)10-14-15-13(16-21-14)4-7-20-3/h11-12,19H,4-10H2,1-3H3/t11-,12-/m1/s1. The van der Waals surface area contributed by atoms with Crippen LogP contribution in [0.5, 0.6) is 0 Å². The van der Waals surface area contributed by atoms with Crippen LogP contribution in [0.25, 0.3) is 0 Å². The van der Waals surface area contributed by atoms with Crippen LogP contribution in [0.15, 0.2) is 4.52 Å². The van der Waals surface area contributed by atoms with E-state index >= 15 is 0 Å². The minimum absolute atomic E-state index is 0.279. The van der Waals surface area contributed by atoms with Gasteiger partial charge in [-0.1, -0.05) is 5.16 Å². The molecular formula is C14H26N4O3. The van der Waals surface area contributed by atoms with Crippen LogP contribution >= 0.6 is 0 Å². The third-order valence-corrected chi connectivity index (χ3v) is 3.75. The summed E-state index contributed by atoms with van der Waals surface area (Å²) in [5, 5.41) is 13.5. The van der Waals surface area contributed by atoms with Gasteiger partial charge in [-0.25, -0.2) is 0 Å². The van der Waals surface area contributed by atoms with Gasteiger partial charge in [0.25, 0.3) is 0 Å². The van der Waals surface area contributed by atoms with Crippen LogP contribution in [0.2, 0.25) is 0 Å². The summed E-state index contributed by atoms with van der Waals surface area (Å²) in [5.41, 5.74) is 0. The molecule has 0 amide bonds. The van der Waals surface area contributed by atoms with Crippen molar-refractivity contribution in [2.24, 2.45) is 0 Å². The molecule has 1 fully saturated rings. The number of methoxy groups -OCH3 is 1. The van der Waals surface area contributed by atoms with Gasteiger partial charge in [0, 0.05) is 45.8 Å². The first-order chi connectivity index (χ1) is 10.1. The van der Waals surface area contributed by atoms with E-state index in [0.717, 1.165) is 26.2 Å². The Morgan fingerprint density at radius 1 is 1.48 bits per heavy atom. The van der Waals surface area contributed by atoms with Gasteiger partial charge in [-0.15, -0.1) is 0 Å². The van der Waals surface area contributed by atoms with Gasteiger partial charge in [0.15, 0.2) is 5.82 Å². The Balaban J connectivity index is 1.80. The smallest absolute Gasteiger partial charge is 0.240 e. The summed E-state index contributed by atoms with van der Waals surface area (Å²) in [6.07, 6.45) is 0.400. The number of aromatic nitrogens is 2. The minimum Gasteiger partial charge on any atom is -0.392 e. The highest BCUT2D eigenvalue weighted by Crippen LogP contribution is 2.13. The average molecular weight is 298 g/mol. The molecule has 0 radical (unpaired) electrons. The maximum Gasteiger partial charge on any atom is 0.240 e. The molecule has 120 valence electrons. The molecular weight excluding hydrogens is 272 g/mol. The lowest BCUT2D eigenvalue weighted by atomic mass is 10.1. The molecule has 7 nitrogen and oxygen atoms in total. The van der Waals surface area contributed by atoms with Crippen molar-refractivity contribution in [2.75, 3.05) is 39.9 Å². The Hall–Kier alpha value is -1.02. The lowest BCUT2D eigenvalue weighted by Crippen LogP contribution is -2.53. The quantitative estimate of drug-likeness (QED) is 0.767. The predicted octanol–water partition coefficient (Wildman–Crippen LogP) is 0.145. The molecule has 1 N–H and O–H groups in total. The summed E-state index contributed by atoms with van der Waals surface area (Å²) in [4.78, 5) is 9.02. The van der Waals surface area contributed by atoms with Crippen LogP contribution in [0.4, 0.5) is 0 Å². The number of β-amino-alcohol motifs (C(OH)–C–C–N with tert-alkyl or cyclic N) is 1. The molecule has 1 aliphatic heterocycles. The molecule has 7 heteroatoms. The Kier molecular flexibility index (Phi) is 6.10. The fourth-order valence-corrected chi connectivity index (χ4v) is 2.67. The second kappa shape index (κ2) is 7.84. The van der Waals surface area contributed by atoms with E-state index in [-0.39, 0.29) is 6.10 Å². The fraction of sp³-hybridized carbons (Fsp3) is 0.857. The lowest BCUT2D eigenvalue weighted by Gasteiger charge is -2.39. The van der Waals surface area contributed by atoms with Gasteiger partial charge in [0.1, 0.15) is 0 Å². The van der Waals surface area contributed by atoms with Crippen LogP contribution in [-0.2, 0) is 17.7 Å². The second-order valence-electron chi connectivity index (χ2n) is 5.78. The SMILES string of the molecule is COCCc1noc(CN2CCN(C[C@@H](C)O)[C@H](C)C2)n1. The highest BCUT2D eigenvalue weighted by atomic mass is 16.5. The monoisotopic (exact) mass is 298 g/mol. The van der Waals surface area contributed by atoms with E-state index in [4.69, 9.17) is 9.26 Å². The number of rotatable bonds is 7. The number of hydrogen-bond donors (Lipinski definition) is 1. The van der Waals surface area contributed by atoms with Crippen molar-refractivity contribution in [3.05, 3.63) is 11.7 Å². The molecule has 1 saturated heterocycles. The molecule has 1 aromatic rings. The van der Waals surface area contributed by atoms with Gasteiger partial charge >= 0.3 is 0 Å². The van der Waals surface area contributed by atoms with E-state index in [1.165, 1.54) is 0 Å². The van der Waals surface area contributed by atoms with Crippen LogP contribution in [-0.4, -0.2) is 77.1 Å². The first kappa shape index (κ1) is 16.4. The average Bonchev–Trinajstić information content (AvgIpc) is 2.87. The van der Waals surface area contributed by atoms with Gasteiger partial charge in [-0.05, 0) is 13.8 Å². The van der Waals surface area contributed by atoms with Gasteiger partial charge < -0.3 is 14.4 Å². The first-order valence-corrected chi connectivity index (χ1v) is 7.53. The number of piperazine rings is 1. The molecule has 2 rings (SSSR count). The zero-order chi connectivity index (χ0) is 15.2. The molecule has 2 heterocycles. The molecule has 0 unspecified atom stereocenters. The Labute approximate surface area is 125 Å². The Morgan fingerprint density at radius 3 is 2.95 bits per heavy atom. The number of ether oxygens (including phenoxy) is 1. The molecule has 0 spiro atoms. The maximum absolute atomic E-state index is 9.50. The zero-order valence-electron chi connectivity index (χ0n) is 13.2. The van der Waals surface area contributed by atoms with Crippen molar-refractivity contribution in [2.45, 2.75) is 39.0 Å². The normalized spacial score (nSPS) is 22.6. The summed E-state index contributed by atoms with van der Waals surface area (Å²) >= 11 is 0. The number of aliphatic hydroxyl groups excluding tert-OH is 1. The van der Waals surface area contributed by atoms with Crippen molar-refractivity contribution < 1.29 is 14.4 Å². The second-order valence-corrected chi connectivity index (χ2v) is 5.78. The van der Waals surface area contributed by atoms with E-state index in [9.17, 15) is 5.11 Å². The van der Waals surface area contributed by atoms with E-state index < -0.39 is 0 Å². The molecule has 0 saturated carbocycles. The van der Waals surface area contributed by atoms with E-state index in [2.05, 4.69) is 26.9 Å². The lowest BCUT2D eigenvalue weighted by molar-refractivity contribution is 0.0385. The van der Waals surface area contributed by atoms with Crippen molar-refractivity contribution >= 4 is 0 Å². The third-order valence-electron chi connectivity index (χ3n) is 3.75. The highest BCUT2D eigenvalue weighted by molar-refractivity contribution is 4.89.